The largest absolute Gasteiger partial charge is 0.343 e. The molecule has 0 radical (unpaired) electrons. The third kappa shape index (κ3) is 3.95. The topological polar surface area (TPSA) is 58.2 Å². The Balaban J connectivity index is 1.94. The van der Waals surface area contributed by atoms with Gasteiger partial charge in [0.1, 0.15) is 0 Å². The summed E-state index contributed by atoms with van der Waals surface area (Å²) in [6.45, 7) is 5.71. The number of amides is 2. The lowest BCUT2D eigenvalue weighted by Gasteiger charge is -2.11. The van der Waals surface area contributed by atoms with Crippen LogP contribution < -0.4 is 10.6 Å². The van der Waals surface area contributed by atoms with Crippen LogP contribution in [0.1, 0.15) is 27.0 Å². The third-order valence-corrected chi connectivity index (χ3v) is 3.47. The average Bonchev–Trinajstić information content (AvgIpc) is 2.49. The van der Waals surface area contributed by atoms with Crippen LogP contribution in [-0.4, -0.2) is 18.4 Å². The summed E-state index contributed by atoms with van der Waals surface area (Å²) in [4.78, 5) is 24.0. The summed E-state index contributed by atoms with van der Waals surface area (Å²) >= 11 is 0. The molecule has 22 heavy (non-hydrogen) atoms. The van der Waals surface area contributed by atoms with Crippen LogP contribution in [0.3, 0.4) is 0 Å². The van der Waals surface area contributed by atoms with Crippen LogP contribution in [0.2, 0.25) is 0 Å². The summed E-state index contributed by atoms with van der Waals surface area (Å²) in [5.74, 6) is -0.482. The van der Waals surface area contributed by atoms with Crippen molar-refractivity contribution in [3.8, 4) is 0 Å². The lowest BCUT2D eigenvalue weighted by molar-refractivity contribution is -0.115. The molecular formula is C18H20N2O2. The third-order valence-electron chi connectivity index (χ3n) is 3.47. The lowest BCUT2D eigenvalue weighted by atomic mass is 10.1. The zero-order valence-corrected chi connectivity index (χ0v) is 13.1. The monoisotopic (exact) mass is 296 g/mol. The van der Waals surface area contributed by atoms with E-state index in [9.17, 15) is 9.59 Å². The van der Waals surface area contributed by atoms with Gasteiger partial charge in [0.25, 0.3) is 5.91 Å². The first kappa shape index (κ1) is 15.8. The Bertz CT molecular complexity index is 708. The molecule has 114 valence electrons. The van der Waals surface area contributed by atoms with Gasteiger partial charge in [0, 0.05) is 11.3 Å². The quantitative estimate of drug-likeness (QED) is 0.911. The van der Waals surface area contributed by atoms with Crippen molar-refractivity contribution in [2.45, 2.75) is 20.8 Å². The highest BCUT2D eigenvalue weighted by Crippen LogP contribution is 2.16. The fourth-order valence-electron chi connectivity index (χ4n) is 2.15. The highest BCUT2D eigenvalue weighted by atomic mass is 16.2. The van der Waals surface area contributed by atoms with Crippen LogP contribution in [0, 0.1) is 20.8 Å². The van der Waals surface area contributed by atoms with Crippen molar-refractivity contribution in [1.82, 2.24) is 5.32 Å². The molecule has 0 saturated heterocycles. The Morgan fingerprint density at radius 2 is 1.68 bits per heavy atom. The summed E-state index contributed by atoms with van der Waals surface area (Å²) in [6, 6.07) is 13.1. The second kappa shape index (κ2) is 6.89. The standard InChI is InChI=1S/C18H20N2O2/c1-12-8-9-14(3)16(10-12)20-17(21)11-19-18(22)15-7-5-4-6-13(15)2/h4-10H,11H2,1-3H3,(H,19,22)(H,20,21). The molecule has 0 aliphatic heterocycles. The van der Waals surface area contributed by atoms with Crippen molar-refractivity contribution in [2.24, 2.45) is 0 Å². The predicted octanol–water partition coefficient (Wildman–Crippen LogP) is 2.98. The summed E-state index contributed by atoms with van der Waals surface area (Å²) < 4.78 is 0. The minimum Gasteiger partial charge on any atom is -0.343 e. The Labute approximate surface area is 130 Å². The van der Waals surface area contributed by atoms with Gasteiger partial charge < -0.3 is 10.6 Å². The van der Waals surface area contributed by atoms with Gasteiger partial charge in [-0.2, -0.15) is 0 Å². The molecule has 0 spiro atoms. The van der Waals surface area contributed by atoms with Crippen LogP contribution in [-0.2, 0) is 4.79 Å². The Hall–Kier alpha value is -2.62. The van der Waals surface area contributed by atoms with Crippen LogP contribution in [0.15, 0.2) is 42.5 Å². The lowest BCUT2D eigenvalue weighted by Crippen LogP contribution is -2.33. The predicted molar refractivity (Wildman–Crippen MR) is 88.1 cm³/mol. The van der Waals surface area contributed by atoms with Gasteiger partial charge in [-0.1, -0.05) is 30.3 Å². The maximum atomic E-state index is 12.1. The number of aryl methyl sites for hydroxylation is 3. The van der Waals surface area contributed by atoms with Crippen molar-refractivity contribution >= 4 is 17.5 Å². The van der Waals surface area contributed by atoms with Gasteiger partial charge >= 0.3 is 0 Å². The zero-order chi connectivity index (χ0) is 16.1. The molecule has 2 aromatic rings. The number of anilines is 1. The molecule has 0 unspecified atom stereocenters. The highest BCUT2D eigenvalue weighted by Gasteiger charge is 2.10. The van der Waals surface area contributed by atoms with E-state index in [1.54, 1.807) is 12.1 Å². The minimum atomic E-state index is -0.241. The first-order chi connectivity index (χ1) is 10.5. The van der Waals surface area contributed by atoms with E-state index in [1.165, 1.54) is 0 Å². The first-order valence-corrected chi connectivity index (χ1v) is 7.18. The van der Waals surface area contributed by atoms with E-state index in [2.05, 4.69) is 10.6 Å². The van der Waals surface area contributed by atoms with Crippen LogP contribution in [0.25, 0.3) is 0 Å². The van der Waals surface area contributed by atoms with E-state index in [0.717, 1.165) is 22.4 Å². The molecule has 4 heteroatoms. The van der Waals surface area contributed by atoms with Gasteiger partial charge in [-0.05, 0) is 49.6 Å². The van der Waals surface area contributed by atoms with E-state index in [4.69, 9.17) is 0 Å². The summed E-state index contributed by atoms with van der Waals surface area (Å²) in [5, 5.41) is 5.46. The average molecular weight is 296 g/mol. The molecule has 0 fully saturated rings. The minimum absolute atomic E-state index is 0.0550. The second-order valence-electron chi connectivity index (χ2n) is 5.36. The van der Waals surface area contributed by atoms with Gasteiger partial charge in [0.15, 0.2) is 0 Å². The van der Waals surface area contributed by atoms with Crippen molar-refractivity contribution in [2.75, 3.05) is 11.9 Å². The Morgan fingerprint density at radius 1 is 0.955 bits per heavy atom. The fraction of sp³-hybridized carbons (Fsp3) is 0.222. The normalized spacial score (nSPS) is 10.1. The molecule has 2 rings (SSSR count). The first-order valence-electron chi connectivity index (χ1n) is 7.18. The van der Waals surface area contributed by atoms with E-state index >= 15 is 0 Å². The molecule has 0 heterocycles. The van der Waals surface area contributed by atoms with Gasteiger partial charge in [-0.25, -0.2) is 0 Å². The molecule has 2 amide bonds. The number of benzene rings is 2. The molecule has 0 atom stereocenters. The number of rotatable bonds is 4. The van der Waals surface area contributed by atoms with E-state index in [-0.39, 0.29) is 18.4 Å². The molecule has 0 aliphatic carbocycles. The number of hydrogen-bond donors (Lipinski definition) is 2. The Kier molecular flexibility index (Phi) is 4.94. The number of nitrogens with one attached hydrogen (secondary N) is 2. The van der Waals surface area contributed by atoms with Crippen molar-refractivity contribution < 1.29 is 9.59 Å². The maximum absolute atomic E-state index is 12.1. The van der Waals surface area contributed by atoms with E-state index < -0.39 is 0 Å². The molecule has 0 aromatic heterocycles. The Morgan fingerprint density at radius 3 is 2.41 bits per heavy atom. The summed E-state index contributed by atoms with van der Waals surface area (Å²) in [7, 11) is 0. The van der Waals surface area contributed by atoms with Gasteiger partial charge in [0.05, 0.1) is 6.54 Å². The summed E-state index contributed by atoms with van der Waals surface area (Å²) in [5.41, 5.74) is 4.31. The zero-order valence-electron chi connectivity index (χ0n) is 13.1. The van der Waals surface area contributed by atoms with Crippen LogP contribution in [0.4, 0.5) is 5.69 Å². The molecule has 0 bridgehead atoms. The molecule has 2 aromatic carbocycles. The van der Waals surface area contributed by atoms with Crippen molar-refractivity contribution in [1.29, 1.82) is 0 Å². The number of hydrogen-bond acceptors (Lipinski definition) is 2. The second-order valence-corrected chi connectivity index (χ2v) is 5.36. The van der Waals surface area contributed by atoms with E-state index in [1.807, 2.05) is 51.1 Å². The molecule has 0 saturated carbocycles. The van der Waals surface area contributed by atoms with Crippen LogP contribution in [0.5, 0.6) is 0 Å². The maximum Gasteiger partial charge on any atom is 0.251 e. The molecule has 0 aliphatic rings. The highest BCUT2D eigenvalue weighted by molar-refractivity contribution is 6.00. The SMILES string of the molecule is Cc1ccc(C)c(NC(=O)CNC(=O)c2ccccc2C)c1. The number of carbonyl (C=O) groups excluding carboxylic acids is 2. The fourth-order valence-corrected chi connectivity index (χ4v) is 2.15. The number of carbonyl (C=O) groups is 2. The molecule has 4 nitrogen and oxygen atoms in total. The van der Waals surface area contributed by atoms with Gasteiger partial charge in [-0.3, -0.25) is 9.59 Å². The van der Waals surface area contributed by atoms with Gasteiger partial charge in [-0.15, -0.1) is 0 Å². The van der Waals surface area contributed by atoms with E-state index in [0.29, 0.717) is 5.56 Å². The molecular weight excluding hydrogens is 276 g/mol. The summed E-state index contributed by atoms with van der Waals surface area (Å²) in [6.07, 6.45) is 0. The molecule has 2 N–H and O–H groups in total. The van der Waals surface area contributed by atoms with Crippen molar-refractivity contribution in [3.05, 3.63) is 64.7 Å². The smallest absolute Gasteiger partial charge is 0.251 e. The van der Waals surface area contributed by atoms with Gasteiger partial charge in [0.2, 0.25) is 5.91 Å². The van der Waals surface area contributed by atoms with Crippen molar-refractivity contribution in [3.63, 3.8) is 0 Å². The van der Waals surface area contributed by atoms with Crippen LogP contribution >= 0.6 is 0 Å².